The summed E-state index contributed by atoms with van der Waals surface area (Å²) in [6, 6.07) is 13.2. The van der Waals surface area contributed by atoms with Crippen LogP contribution in [0.5, 0.6) is 5.75 Å². The number of halogens is 2. The Kier molecular flexibility index (Phi) is 25.3. The topological polar surface area (TPSA) is 117 Å². The van der Waals surface area contributed by atoms with E-state index >= 15 is 0 Å². The smallest absolute Gasteiger partial charge is 0.265 e. The average Bonchev–Trinajstić information content (AvgIpc) is 3.08. The van der Waals surface area contributed by atoms with E-state index in [0.717, 1.165) is 34.7 Å². The summed E-state index contributed by atoms with van der Waals surface area (Å²) in [4.78, 5) is 16.0. The number of hydrogen-bond donors (Lipinski definition) is 4. The molecule has 49 heavy (non-hydrogen) atoms. The van der Waals surface area contributed by atoms with Crippen LogP contribution in [0, 0.1) is 13.8 Å². The summed E-state index contributed by atoms with van der Waals surface area (Å²) >= 11 is 0. The van der Waals surface area contributed by atoms with Crippen molar-refractivity contribution in [3.63, 3.8) is 0 Å². The molecule has 0 aromatic carbocycles. The van der Waals surface area contributed by atoms with Gasteiger partial charge in [0.25, 0.3) is 6.43 Å². The number of hydrogen-bond acceptors (Lipinski definition) is 9. The van der Waals surface area contributed by atoms with Gasteiger partial charge in [0.05, 0.1) is 12.7 Å². The molecule has 0 aliphatic carbocycles. The van der Waals surface area contributed by atoms with Gasteiger partial charge in [-0.15, -0.1) is 0 Å². The number of aliphatic hydroxyl groups is 1. The first kappa shape index (κ1) is 46.7. The van der Waals surface area contributed by atoms with Crippen molar-refractivity contribution in [1.82, 2.24) is 19.9 Å². The Morgan fingerprint density at radius 3 is 1.71 bits per heavy atom. The second-order valence-corrected chi connectivity index (χ2v) is 11.2. The van der Waals surface area contributed by atoms with Gasteiger partial charge in [-0.3, -0.25) is 4.98 Å². The molecule has 9 nitrogen and oxygen atoms in total. The van der Waals surface area contributed by atoms with E-state index in [0.29, 0.717) is 17.9 Å². The van der Waals surface area contributed by atoms with E-state index in [-0.39, 0.29) is 5.56 Å². The van der Waals surface area contributed by atoms with Gasteiger partial charge in [0, 0.05) is 67.3 Å². The highest BCUT2D eigenvalue weighted by Crippen LogP contribution is 2.22. The molecule has 4 aromatic heterocycles. The molecule has 4 aromatic rings. The number of rotatable bonds is 8. The zero-order valence-corrected chi connectivity index (χ0v) is 32.1. The zero-order chi connectivity index (χ0) is 38.0. The third kappa shape index (κ3) is 22.0. The fourth-order valence-corrected chi connectivity index (χ4v) is 3.42. The number of nitrogens with zero attached hydrogens (tertiary/aromatic N) is 4. The van der Waals surface area contributed by atoms with E-state index in [9.17, 15) is 13.9 Å². The Hall–Kier alpha value is -4.38. The van der Waals surface area contributed by atoms with Crippen molar-refractivity contribution in [2.24, 2.45) is 0 Å². The minimum absolute atomic E-state index is 0.0519. The molecule has 0 atom stereocenters. The van der Waals surface area contributed by atoms with Crippen LogP contribution in [-0.4, -0.2) is 51.3 Å². The highest BCUT2D eigenvalue weighted by Gasteiger charge is 2.16. The molecule has 11 heteroatoms. The number of aromatic nitrogens is 4. The van der Waals surface area contributed by atoms with Crippen LogP contribution in [0.15, 0.2) is 73.4 Å². The molecular weight excluding hydrogens is 624 g/mol. The molecule has 0 bridgehead atoms. The molecule has 0 radical (unpaired) electrons. The van der Waals surface area contributed by atoms with Crippen LogP contribution in [0.1, 0.15) is 97.9 Å². The summed E-state index contributed by atoms with van der Waals surface area (Å²) in [5.74, 6) is 3.13. The predicted molar refractivity (Wildman–Crippen MR) is 203 cm³/mol. The van der Waals surface area contributed by atoms with Gasteiger partial charge in [-0.05, 0) is 96.8 Å². The number of ether oxygens (including phenoxy) is 1. The van der Waals surface area contributed by atoms with Gasteiger partial charge in [-0.2, -0.15) is 0 Å². The van der Waals surface area contributed by atoms with E-state index in [1.807, 2.05) is 84.3 Å². The van der Waals surface area contributed by atoms with Gasteiger partial charge in [-0.1, -0.05) is 33.8 Å². The minimum Gasteiger partial charge on any atom is -0.496 e. The largest absolute Gasteiger partial charge is 0.496 e. The summed E-state index contributed by atoms with van der Waals surface area (Å²) < 4.78 is 29.1. The monoisotopic (exact) mass is 685 g/mol. The van der Waals surface area contributed by atoms with Crippen LogP contribution in [0.4, 0.5) is 26.2 Å². The Labute approximate surface area is 294 Å². The summed E-state index contributed by atoms with van der Waals surface area (Å²) in [6.45, 7) is 23.8. The van der Waals surface area contributed by atoms with Gasteiger partial charge < -0.3 is 25.8 Å². The lowest BCUT2D eigenvalue weighted by atomic mass is 10.00. The molecule has 0 fully saturated rings. The minimum atomic E-state index is -2.44. The molecule has 4 rings (SSSR count). The van der Waals surface area contributed by atoms with Crippen LogP contribution < -0.4 is 20.7 Å². The van der Waals surface area contributed by atoms with Crippen molar-refractivity contribution >= 4 is 17.5 Å². The number of aryl methyl sites for hydroxylation is 2. The Morgan fingerprint density at radius 1 is 0.755 bits per heavy atom. The van der Waals surface area contributed by atoms with Crippen LogP contribution in [0.2, 0.25) is 0 Å². The third-order valence-corrected chi connectivity index (χ3v) is 5.72. The molecule has 0 saturated heterocycles. The second-order valence-electron chi connectivity index (χ2n) is 11.2. The standard InChI is InChI=1S/C11H18N2O.C10H16N2O.C7H8F2N2.C6H7N.2C2H6/c1-8(2)13-10-7-9(5-6-12-10)11(3,4)14;1-7(2)12-10-5-9(13-4)8(3)6-11-10;1-10-6-3-2-5(4-11-6)7(8)9;1-6-3-2-4-7-5-6;2*1-2/h5-8,14H,1-4H3,(H,12,13);5-7H,1-4H3,(H,11,12);2-4,7H,1H3,(H,10,11);2-5H,1H3;2*1-2H3. The Balaban J connectivity index is 0. The van der Waals surface area contributed by atoms with Gasteiger partial charge in [-0.25, -0.2) is 23.7 Å². The second kappa shape index (κ2) is 26.6. The van der Waals surface area contributed by atoms with Crippen molar-refractivity contribution < 1.29 is 18.6 Å². The van der Waals surface area contributed by atoms with E-state index in [2.05, 4.69) is 63.6 Å². The lowest BCUT2D eigenvalue weighted by Crippen LogP contribution is -2.17. The normalized spacial score (nSPS) is 9.88. The van der Waals surface area contributed by atoms with Gasteiger partial charge in [0.15, 0.2) is 0 Å². The highest BCUT2D eigenvalue weighted by molar-refractivity contribution is 5.45. The van der Waals surface area contributed by atoms with Gasteiger partial charge in [0.2, 0.25) is 0 Å². The Bertz CT molecular complexity index is 1370. The van der Waals surface area contributed by atoms with E-state index in [4.69, 9.17) is 4.74 Å². The maximum Gasteiger partial charge on any atom is 0.265 e. The first-order valence-corrected chi connectivity index (χ1v) is 16.7. The van der Waals surface area contributed by atoms with Crippen molar-refractivity contribution in [2.45, 2.75) is 107 Å². The third-order valence-electron chi connectivity index (χ3n) is 5.72. The number of nitrogens with one attached hydrogen (secondary N) is 3. The fourth-order valence-electron chi connectivity index (χ4n) is 3.42. The van der Waals surface area contributed by atoms with E-state index in [1.165, 1.54) is 17.7 Å². The lowest BCUT2D eigenvalue weighted by Gasteiger charge is -2.19. The maximum absolute atomic E-state index is 11.9. The van der Waals surface area contributed by atoms with Crippen molar-refractivity contribution in [2.75, 3.05) is 30.1 Å². The highest BCUT2D eigenvalue weighted by atomic mass is 19.3. The summed E-state index contributed by atoms with van der Waals surface area (Å²) in [6.07, 6.45) is 5.85. The number of methoxy groups -OCH3 is 1. The summed E-state index contributed by atoms with van der Waals surface area (Å²) in [5, 5.41) is 18.9. The fraction of sp³-hybridized carbons (Fsp3) is 0.474. The molecule has 0 amide bonds. The SMILES string of the molecule is CC.CC.CC(C)Nc1cc(C(C)(C)O)ccn1.CNc1ccc(C(F)F)cn1.COc1cc(NC(C)C)ncc1C.Cc1cccnc1. The zero-order valence-electron chi connectivity index (χ0n) is 32.1. The Morgan fingerprint density at radius 2 is 1.33 bits per heavy atom. The maximum atomic E-state index is 11.9. The van der Waals surface area contributed by atoms with Crippen LogP contribution in [-0.2, 0) is 5.60 Å². The molecule has 4 N–H and O–H groups in total. The quantitative estimate of drug-likeness (QED) is 0.144. The molecule has 274 valence electrons. The van der Waals surface area contributed by atoms with Crippen molar-refractivity contribution in [1.29, 1.82) is 0 Å². The lowest BCUT2D eigenvalue weighted by molar-refractivity contribution is 0.0785. The van der Waals surface area contributed by atoms with Gasteiger partial charge in [0.1, 0.15) is 23.2 Å². The van der Waals surface area contributed by atoms with Gasteiger partial charge >= 0.3 is 0 Å². The molecule has 0 spiro atoms. The average molecular weight is 686 g/mol. The molecule has 0 saturated carbocycles. The predicted octanol–water partition coefficient (Wildman–Crippen LogP) is 9.85. The van der Waals surface area contributed by atoms with E-state index in [1.54, 1.807) is 40.4 Å². The number of anilines is 3. The van der Waals surface area contributed by atoms with E-state index < -0.39 is 12.0 Å². The summed E-state index contributed by atoms with van der Waals surface area (Å²) in [7, 11) is 3.35. The van der Waals surface area contributed by atoms with Crippen LogP contribution >= 0.6 is 0 Å². The molecule has 0 aliphatic rings. The first-order valence-electron chi connectivity index (χ1n) is 16.7. The number of alkyl halides is 2. The number of pyridine rings is 4. The summed E-state index contributed by atoms with van der Waals surface area (Å²) in [5.41, 5.74) is 2.27. The van der Waals surface area contributed by atoms with Crippen LogP contribution in [0.3, 0.4) is 0 Å². The van der Waals surface area contributed by atoms with Crippen LogP contribution in [0.25, 0.3) is 0 Å². The molecule has 0 aliphatic heterocycles. The molecular formula is C38H61F2N7O2. The van der Waals surface area contributed by atoms with Crippen molar-refractivity contribution in [3.05, 3.63) is 95.7 Å². The molecule has 0 unspecified atom stereocenters. The van der Waals surface area contributed by atoms with Crippen molar-refractivity contribution in [3.8, 4) is 5.75 Å². The molecule has 4 heterocycles. The first-order chi connectivity index (χ1) is 23.2.